The van der Waals surface area contributed by atoms with Crippen LogP contribution in [0.25, 0.3) is 0 Å². The van der Waals surface area contributed by atoms with Crippen molar-refractivity contribution in [3.05, 3.63) is 29.7 Å². The molecule has 1 aromatic heterocycles. The van der Waals surface area contributed by atoms with E-state index < -0.39 is 0 Å². The summed E-state index contributed by atoms with van der Waals surface area (Å²) >= 11 is 5.79. The maximum absolute atomic E-state index is 11.8. The van der Waals surface area contributed by atoms with Gasteiger partial charge < -0.3 is 0 Å². The van der Waals surface area contributed by atoms with E-state index in [4.69, 9.17) is 11.6 Å². The summed E-state index contributed by atoms with van der Waals surface area (Å²) < 4.78 is 0. The molecule has 2 rings (SSSR count). The summed E-state index contributed by atoms with van der Waals surface area (Å²) in [6.45, 7) is 4.13. The molecule has 17 heavy (non-hydrogen) atoms. The quantitative estimate of drug-likeness (QED) is 0.464. The molecule has 0 spiro atoms. The second kappa shape index (κ2) is 4.63. The summed E-state index contributed by atoms with van der Waals surface area (Å²) in [7, 11) is 0. The molecule has 1 aromatic rings. The minimum Gasteiger partial charge on any atom is -0.298 e. The first-order valence-electron chi connectivity index (χ1n) is 5.06. The molecule has 0 bridgehead atoms. The minimum absolute atomic E-state index is 0.0554. The van der Waals surface area contributed by atoms with Crippen molar-refractivity contribution in [3.8, 4) is 0 Å². The van der Waals surface area contributed by atoms with Crippen molar-refractivity contribution in [3.63, 3.8) is 0 Å². The van der Waals surface area contributed by atoms with E-state index in [1.165, 1.54) is 11.2 Å². The van der Waals surface area contributed by atoms with Gasteiger partial charge in [0.1, 0.15) is 11.5 Å². The van der Waals surface area contributed by atoms with Gasteiger partial charge in [0.05, 0.1) is 5.56 Å². The zero-order valence-electron chi connectivity index (χ0n) is 8.97. The number of halogens is 1. The maximum Gasteiger partial charge on any atom is 0.228 e. The first kappa shape index (κ1) is 11.7. The molecule has 1 aliphatic rings. The molecule has 1 atom stereocenters. The molecule has 1 aliphatic heterocycles. The van der Waals surface area contributed by atoms with Crippen LogP contribution < -0.4 is 4.90 Å². The van der Waals surface area contributed by atoms with Gasteiger partial charge in [-0.3, -0.25) is 14.5 Å². The second-order valence-electron chi connectivity index (χ2n) is 3.72. The number of aromatic nitrogens is 2. The Hall–Kier alpha value is -1.75. The monoisotopic (exact) mass is 251 g/mol. The van der Waals surface area contributed by atoms with Crippen molar-refractivity contribution in [1.29, 1.82) is 0 Å². The lowest BCUT2D eigenvalue weighted by molar-refractivity contribution is -0.117. The van der Waals surface area contributed by atoms with Crippen molar-refractivity contribution in [2.24, 2.45) is 5.92 Å². The number of carbonyl (C=O) groups excluding carboxylic acids is 2. The van der Waals surface area contributed by atoms with Gasteiger partial charge in [0.15, 0.2) is 12.1 Å². The Bertz CT molecular complexity index is 490. The normalized spacial score (nSPS) is 19.5. The summed E-state index contributed by atoms with van der Waals surface area (Å²) in [5, 5.41) is 0.0554. The molecule has 0 saturated carbocycles. The van der Waals surface area contributed by atoms with Crippen LogP contribution in [0.4, 0.5) is 5.82 Å². The molecule has 2 heterocycles. The Balaban J connectivity index is 2.41. The third-order valence-electron chi connectivity index (χ3n) is 2.68. The Morgan fingerprint density at radius 1 is 1.53 bits per heavy atom. The number of rotatable bonds is 3. The summed E-state index contributed by atoms with van der Waals surface area (Å²) in [6.07, 6.45) is 3.90. The van der Waals surface area contributed by atoms with Crippen molar-refractivity contribution in [2.75, 3.05) is 11.4 Å². The lowest BCUT2D eigenvalue weighted by Crippen LogP contribution is -2.27. The third kappa shape index (κ3) is 2.06. The van der Waals surface area contributed by atoms with Gasteiger partial charge in [0, 0.05) is 18.9 Å². The average Bonchev–Trinajstić information content (AvgIpc) is 2.70. The van der Waals surface area contributed by atoms with Crippen molar-refractivity contribution in [1.82, 2.24) is 9.97 Å². The second-order valence-corrected chi connectivity index (χ2v) is 4.08. The van der Waals surface area contributed by atoms with Crippen LogP contribution >= 0.6 is 11.6 Å². The highest BCUT2D eigenvalue weighted by atomic mass is 35.5. The number of aldehydes is 1. The van der Waals surface area contributed by atoms with E-state index in [1.54, 1.807) is 6.08 Å². The predicted octanol–water partition coefficient (Wildman–Crippen LogP) is 1.48. The Morgan fingerprint density at radius 3 is 2.88 bits per heavy atom. The molecule has 6 heteroatoms. The number of hydrogen-bond acceptors (Lipinski definition) is 4. The molecule has 1 fully saturated rings. The van der Waals surface area contributed by atoms with Gasteiger partial charge in [-0.05, 0) is 0 Å². The summed E-state index contributed by atoms with van der Waals surface area (Å²) in [5.41, 5.74) is 0.146. The maximum atomic E-state index is 11.8. The standard InChI is InChI=1S/C11H10ClN3O2/c1-2-7-3-9(17)15(4-7)11-8(5-16)10(12)13-6-14-11/h2,5-7H,1,3-4H2. The predicted molar refractivity (Wildman–Crippen MR) is 63.1 cm³/mol. The van der Waals surface area contributed by atoms with Gasteiger partial charge in [-0.25, -0.2) is 9.97 Å². The smallest absolute Gasteiger partial charge is 0.228 e. The average molecular weight is 252 g/mol. The SMILES string of the molecule is C=CC1CC(=O)N(c2ncnc(Cl)c2C=O)C1. The number of anilines is 1. The Labute approximate surface area is 103 Å². The van der Waals surface area contributed by atoms with Crippen molar-refractivity contribution < 1.29 is 9.59 Å². The Morgan fingerprint density at radius 2 is 2.29 bits per heavy atom. The molecule has 0 N–H and O–H groups in total. The van der Waals surface area contributed by atoms with Crippen LogP contribution in [-0.4, -0.2) is 28.7 Å². The van der Waals surface area contributed by atoms with Gasteiger partial charge in [-0.2, -0.15) is 0 Å². The van der Waals surface area contributed by atoms with Gasteiger partial charge >= 0.3 is 0 Å². The fourth-order valence-electron chi connectivity index (χ4n) is 1.78. The first-order chi connectivity index (χ1) is 8.17. The van der Waals surface area contributed by atoms with Crippen molar-refractivity contribution in [2.45, 2.75) is 6.42 Å². The highest BCUT2D eigenvalue weighted by Gasteiger charge is 2.31. The van der Waals surface area contributed by atoms with Crippen LogP contribution in [0.1, 0.15) is 16.8 Å². The largest absolute Gasteiger partial charge is 0.298 e. The summed E-state index contributed by atoms with van der Waals surface area (Å²) in [5.74, 6) is 0.262. The van der Waals surface area contributed by atoms with E-state index in [0.717, 1.165) is 0 Å². The van der Waals surface area contributed by atoms with Crippen LogP contribution in [0.3, 0.4) is 0 Å². The van der Waals surface area contributed by atoms with Gasteiger partial charge in [-0.15, -0.1) is 6.58 Å². The highest BCUT2D eigenvalue weighted by Crippen LogP contribution is 2.28. The fourth-order valence-corrected chi connectivity index (χ4v) is 1.95. The lowest BCUT2D eigenvalue weighted by Gasteiger charge is -2.16. The Kier molecular flexibility index (Phi) is 3.19. The molecule has 1 unspecified atom stereocenters. The lowest BCUT2D eigenvalue weighted by atomic mass is 10.1. The van der Waals surface area contributed by atoms with E-state index in [0.29, 0.717) is 19.3 Å². The van der Waals surface area contributed by atoms with Crippen LogP contribution in [0.5, 0.6) is 0 Å². The third-order valence-corrected chi connectivity index (χ3v) is 2.98. The topological polar surface area (TPSA) is 63.2 Å². The van der Waals surface area contributed by atoms with E-state index in [9.17, 15) is 9.59 Å². The molecule has 5 nitrogen and oxygen atoms in total. The van der Waals surface area contributed by atoms with E-state index in [2.05, 4.69) is 16.5 Å². The van der Waals surface area contributed by atoms with E-state index in [-0.39, 0.29) is 28.4 Å². The van der Waals surface area contributed by atoms with Gasteiger partial charge in [0.2, 0.25) is 5.91 Å². The molecule has 1 saturated heterocycles. The van der Waals surface area contributed by atoms with E-state index in [1.807, 2.05) is 0 Å². The van der Waals surface area contributed by atoms with Crippen LogP contribution in [0, 0.1) is 5.92 Å². The summed E-state index contributed by atoms with van der Waals surface area (Å²) in [6, 6.07) is 0. The molecular weight excluding hydrogens is 242 g/mol. The molecule has 0 aromatic carbocycles. The highest BCUT2D eigenvalue weighted by molar-refractivity contribution is 6.32. The zero-order valence-corrected chi connectivity index (χ0v) is 9.72. The number of hydrogen-bond donors (Lipinski definition) is 0. The molecule has 1 amide bonds. The number of amides is 1. The summed E-state index contributed by atoms with van der Waals surface area (Å²) in [4.78, 5) is 31.8. The zero-order chi connectivity index (χ0) is 12.4. The fraction of sp³-hybridized carbons (Fsp3) is 0.273. The van der Waals surface area contributed by atoms with Crippen LogP contribution in [-0.2, 0) is 4.79 Å². The van der Waals surface area contributed by atoms with Crippen molar-refractivity contribution >= 4 is 29.6 Å². The molecule has 0 aliphatic carbocycles. The van der Waals surface area contributed by atoms with Gasteiger partial charge in [-0.1, -0.05) is 17.7 Å². The molecular formula is C11H10ClN3O2. The van der Waals surface area contributed by atoms with Gasteiger partial charge in [0.25, 0.3) is 0 Å². The first-order valence-corrected chi connectivity index (χ1v) is 5.43. The van der Waals surface area contributed by atoms with E-state index >= 15 is 0 Å². The molecule has 0 radical (unpaired) electrons. The number of nitrogens with zero attached hydrogens (tertiary/aromatic N) is 3. The van der Waals surface area contributed by atoms with Crippen LogP contribution in [0.2, 0.25) is 5.15 Å². The van der Waals surface area contributed by atoms with Crippen LogP contribution in [0.15, 0.2) is 19.0 Å². The number of carbonyl (C=O) groups is 2. The molecule has 88 valence electrons. The minimum atomic E-state index is -0.0900.